The third kappa shape index (κ3) is 5.64. The average Bonchev–Trinajstić information content (AvgIpc) is 2.61. The van der Waals surface area contributed by atoms with Crippen LogP contribution in [0.25, 0.3) is 0 Å². The Morgan fingerprint density at radius 1 is 1.30 bits per heavy atom. The van der Waals surface area contributed by atoms with Crippen LogP contribution in [-0.2, 0) is 9.63 Å². The molecule has 0 heterocycles. The first-order valence-electron chi connectivity index (χ1n) is 9.31. The molecule has 0 unspecified atom stereocenters. The van der Waals surface area contributed by atoms with Crippen molar-refractivity contribution in [3.8, 4) is 0 Å². The summed E-state index contributed by atoms with van der Waals surface area (Å²) in [6.07, 6.45) is 4.03. The van der Waals surface area contributed by atoms with Crippen LogP contribution >= 0.6 is 0 Å². The predicted molar refractivity (Wildman–Crippen MR) is 107 cm³/mol. The zero-order valence-electron chi connectivity index (χ0n) is 16.4. The van der Waals surface area contributed by atoms with Gasteiger partial charge < -0.3 is 10.2 Å². The van der Waals surface area contributed by atoms with Crippen molar-refractivity contribution in [1.29, 1.82) is 0 Å². The molecule has 1 aliphatic rings. The maximum absolute atomic E-state index is 12.9. The van der Waals surface area contributed by atoms with Gasteiger partial charge in [0.1, 0.15) is 6.61 Å². The third-order valence-corrected chi connectivity index (χ3v) is 4.32. The van der Waals surface area contributed by atoms with Gasteiger partial charge in [0.2, 0.25) is 0 Å². The van der Waals surface area contributed by atoms with Gasteiger partial charge in [-0.05, 0) is 30.4 Å². The second-order valence-electron chi connectivity index (χ2n) is 7.49. The number of benzene rings is 1. The van der Waals surface area contributed by atoms with Crippen LogP contribution in [0.2, 0.25) is 0 Å². The van der Waals surface area contributed by atoms with E-state index in [-0.39, 0.29) is 23.7 Å². The average molecular weight is 368 g/mol. The van der Waals surface area contributed by atoms with Crippen LogP contribution in [0.1, 0.15) is 56.8 Å². The first-order valence-corrected chi connectivity index (χ1v) is 9.31. The Morgan fingerprint density at radius 3 is 2.63 bits per heavy atom. The molecular formula is C22H28N2O3. The number of hydrogen-bond donors (Lipinski definition) is 1. The highest BCUT2D eigenvalue weighted by atomic mass is 16.6. The monoisotopic (exact) mass is 368 g/mol. The molecule has 0 fully saturated rings. The standard InChI is InChI=1S/C22H28N2O3/c1-5-10-17(24-27-13-6-2)20-18(14-22(3,4)15-19(20)25)23-21(26)16-11-8-7-9-12-16/h6-9,11-12H,2,5,10,13-15H2,1,3-4H3,(H,23,26)/b24-17+. The molecule has 0 atom stereocenters. The molecule has 5 nitrogen and oxygen atoms in total. The first-order chi connectivity index (χ1) is 12.9. The highest BCUT2D eigenvalue weighted by Gasteiger charge is 2.35. The van der Waals surface area contributed by atoms with Gasteiger partial charge in [0.05, 0.1) is 11.3 Å². The fourth-order valence-corrected chi connectivity index (χ4v) is 3.18. The lowest BCUT2D eigenvalue weighted by Gasteiger charge is -2.32. The summed E-state index contributed by atoms with van der Waals surface area (Å²) in [5.41, 5.74) is 2.03. The molecule has 5 heteroatoms. The van der Waals surface area contributed by atoms with Crippen molar-refractivity contribution in [2.24, 2.45) is 10.6 Å². The van der Waals surface area contributed by atoms with E-state index in [1.807, 2.05) is 39.0 Å². The lowest BCUT2D eigenvalue weighted by Crippen LogP contribution is -2.36. The zero-order valence-corrected chi connectivity index (χ0v) is 16.4. The van der Waals surface area contributed by atoms with E-state index in [4.69, 9.17) is 4.84 Å². The van der Waals surface area contributed by atoms with Crippen LogP contribution in [0.15, 0.2) is 59.4 Å². The zero-order chi connectivity index (χ0) is 19.9. The summed E-state index contributed by atoms with van der Waals surface area (Å²) in [5.74, 6) is -0.236. The second kappa shape index (κ2) is 9.31. The number of rotatable bonds is 8. The molecule has 0 bridgehead atoms. The van der Waals surface area contributed by atoms with Gasteiger partial charge in [-0.15, -0.1) is 0 Å². The first kappa shape index (κ1) is 20.6. The lowest BCUT2D eigenvalue weighted by atomic mass is 9.74. The molecule has 144 valence electrons. The fraction of sp³-hybridized carbons (Fsp3) is 0.409. The maximum atomic E-state index is 12.9. The number of amides is 1. The Balaban J connectivity index is 2.43. The molecule has 1 aromatic rings. The molecule has 1 aliphatic carbocycles. The Morgan fingerprint density at radius 2 is 2.00 bits per heavy atom. The molecular weight excluding hydrogens is 340 g/mol. The molecule has 1 amide bonds. The second-order valence-corrected chi connectivity index (χ2v) is 7.49. The van der Waals surface area contributed by atoms with Crippen molar-refractivity contribution in [2.75, 3.05) is 6.61 Å². The van der Waals surface area contributed by atoms with Crippen molar-refractivity contribution < 1.29 is 14.4 Å². The van der Waals surface area contributed by atoms with Crippen LogP contribution in [-0.4, -0.2) is 24.0 Å². The molecule has 0 saturated heterocycles. The Labute approximate surface area is 161 Å². The largest absolute Gasteiger partial charge is 0.391 e. The number of carbonyl (C=O) groups excluding carboxylic acids is 2. The number of Topliss-reactive ketones (excluding diaryl/α,β-unsaturated/α-hetero) is 1. The number of nitrogens with zero attached hydrogens (tertiary/aromatic N) is 1. The van der Waals surface area contributed by atoms with Crippen LogP contribution in [0.3, 0.4) is 0 Å². The minimum absolute atomic E-state index is 0.0102. The van der Waals surface area contributed by atoms with Crippen LogP contribution in [0.4, 0.5) is 0 Å². The summed E-state index contributed by atoms with van der Waals surface area (Å²) < 4.78 is 0. The van der Waals surface area contributed by atoms with Crippen molar-refractivity contribution in [3.63, 3.8) is 0 Å². The minimum atomic E-state index is -0.226. The smallest absolute Gasteiger partial charge is 0.255 e. The quantitative estimate of drug-likeness (QED) is 0.320. The summed E-state index contributed by atoms with van der Waals surface area (Å²) in [7, 11) is 0. The van der Waals surface area contributed by atoms with Gasteiger partial charge >= 0.3 is 0 Å². The highest BCUT2D eigenvalue weighted by Crippen LogP contribution is 2.37. The van der Waals surface area contributed by atoms with Gasteiger partial charge in [-0.1, -0.05) is 63.2 Å². The van der Waals surface area contributed by atoms with E-state index < -0.39 is 0 Å². The molecule has 1 N–H and O–H groups in total. The van der Waals surface area contributed by atoms with Crippen molar-refractivity contribution in [1.82, 2.24) is 5.32 Å². The maximum Gasteiger partial charge on any atom is 0.255 e. The summed E-state index contributed by atoms with van der Waals surface area (Å²) in [6.45, 7) is 9.95. The lowest BCUT2D eigenvalue weighted by molar-refractivity contribution is -0.117. The number of oxime groups is 1. The SMILES string of the molecule is C=CCO/N=C(\CCC)C1=C(NC(=O)c2ccccc2)CC(C)(C)CC1=O. The number of allylic oxidation sites excluding steroid dienone is 2. The molecule has 2 rings (SSSR count). The molecule has 27 heavy (non-hydrogen) atoms. The number of carbonyl (C=O) groups is 2. The van der Waals surface area contributed by atoms with Gasteiger partial charge in [0.25, 0.3) is 5.91 Å². The van der Waals surface area contributed by atoms with Gasteiger partial charge in [-0.3, -0.25) is 9.59 Å². The topological polar surface area (TPSA) is 67.8 Å². The van der Waals surface area contributed by atoms with Gasteiger partial charge in [0.15, 0.2) is 5.78 Å². The van der Waals surface area contributed by atoms with Crippen LogP contribution < -0.4 is 5.32 Å². The van der Waals surface area contributed by atoms with Gasteiger partial charge in [0, 0.05) is 17.7 Å². The van der Waals surface area contributed by atoms with E-state index in [9.17, 15) is 9.59 Å². The van der Waals surface area contributed by atoms with Gasteiger partial charge in [-0.2, -0.15) is 0 Å². The van der Waals surface area contributed by atoms with Crippen molar-refractivity contribution in [3.05, 3.63) is 59.8 Å². The predicted octanol–water partition coefficient (Wildman–Crippen LogP) is 4.42. The van der Waals surface area contributed by atoms with Crippen LogP contribution in [0, 0.1) is 5.41 Å². The summed E-state index contributed by atoms with van der Waals surface area (Å²) in [5, 5.41) is 7.13. The van der Waals surface area contributed by atoms with E-state index in [0.717, 1.165) is 6.42 Å². The molecule has 1 aromatic carbocycles. The number of nitrogens with one attached hydrogen (secondary N) is 1. The molecule has 0 aliphatic heterocycles. The Hall–Kier alpha value is -2.69. The van der Waals surface area contributed by atoms with E-state index in [1.54, 1.807) is 18.2 Å². The fourth-order valence-electron chi connectivity index (χ4n) is 3.18. The Kier molecular flexibility index (Phi) is 7.11. The van der Waals surface area contributed by atoms with E-state index in [2.05, 4.69) is 17.1 Å². The number of ketones is 1. The van der Waals surface area contributed by atoms with E-state index in [1.165, 1.54) is 0 Å². The molecule has 0 aromatic heterocycles. The van der Waals surface area contributed by atoms with Crippen molar-refractivity contribution in [2.45, 2.75) is 46.5 Å². The summed E-state index contributed by atoms with van der Waals surface area (Å²) in [4.78, 5) is 30.9. The Bertz CT molecular complexity index is 761. The minimum Gasteiger partial charge on any atom is -0.391 e. The normalized spacial score (nSPS) is 16.9. The van der Waals surface area contributed by atoms with E-state index in [0.29, 0.717) is 41.8 Å². The summed E-state index contributed by atoms with van der Waals surface area (Å²) in [6, 6.07) is 8.98. The number of hydrogen-bond acceptors (Lipinski definition) is 4. The summed E-state index contributed by atoms with van der Waals surface area (Å²) >= 11 is 0. The van der Waals surface area contributed by atoms with Crippen molar-refractivity contribution >= 4 is 17.4 Å². The van der Waals surface area contributed by atoms with Crippen LogP contribution in [0.5, 0.6) is 0 Å². The molecule has 0 spiro atoms. The van der Waals surface area contributed by atoms with Gasteiger partial charge in [-0.25, -0.2) is 0 Å². The molecule has 0 radical (unpaired) electrons. The highest BCUT2D eigenvalue weighted by molar-refractivity contribution is 6.23. The molecule has 0 saturated carbocycles. The third-order valence-electron chi connectivity index (χ3n) is 4.32. The van der Waals surface area contributed by atoms with E-state index >= 15 is 0 Å².